The van der Waals surface area contributed by atoms with Crippen molar-refractivity contribution in [3.63, 3.8) is 0 Å². The monoisotopic (exact) mass is 323 g/mol. The molecule has 3 aromatic heterocycles. The van der Waals surface area contributed by atoms with Gasteiger partial charge in [0.05, 0.1) is 16.3 Å². The van der Waals surface area contributed by atoms with Gasteiger partial charge in [0.1, 0.15) is 4.88 Å². The molecule has 0 atom stereocenters. The van der Waals surface area contributed by atoms with Crippen molar-refractivity contribution in [2.75, 3.05) is 0 Å². The lowest BCUT2D eigenvalue weighted by Gasteiger charge is -2.04. The summed E-state index contributed by atoms with van der Waals surface area (Å²) in [7, 11) is 0. The summed E-state index contributed by atoms with van der Waals surface area (Å²) in [5, 5.41) is 21.6. The highest BCUT2D eigenvalue weighted by Gasteiger charge is 2.20. The van der Waals surface area contributed by atoms with Gasteiger partial charge in [0.2, 0.25) is 0 Å². The SMILES string of the molecule is CC(C)c1nnsc1-c1nnc2c(Cl)cc(C(=O)O)cn12. The van der Waals surface area contributed by atoms with E-state index >= 15 is 0 Å². The fourth-order valence-electron chi connectivity index (χ4n) is 1.96. The minimum absolute atomic E-state index is 0.0668. The Morgan fingerprint density at radius 2 is 2.14 bits per heavy atom. The minimum atomic E-state index is -1.06. The van der Waals surface area contributed by atoms with E-state index in [-0.39, 0.29) is 16.5 Å². The van der Waals surface area contributed by atoms with Crippen molar-refractivity contribution in [1.82, 2.24) is 24.2 Å². The number of carbonyl (C=O) groups is 1. The molecule has 3 heterocycles. The molecule has 0 fully saturated rings. The summed E-state index contributed by atoms with van der Waals surface area (Å²) < 4.78 is 5.51. The predicted molar refractivity (Wildman–Crippen MR) is 77.9 cm³/mol. The Bertz CT molecular complexity index is 841. The Kier molecular flexibility index (Phi) is 3.34. The molecule has 3 aromatic rings. The zero-order chi connectivity index (χ0) is 15.1. The molecular formula is C12H10ClN5O2S. The zero-order valence-corrected chi connectivity index (χ0v) is 12.7. The van der Waals surface area contributed by atoms with Crippen molar-refractivity contribution in [2.24, 2.45) is 0 Å². The maximum absolute atomic E-state index is 11.2. The van der Waals surface area contributed by atoms with Crippen LogP contribution in [0.5, 0.6) is 0 Å². The Labute approximate surface area is 128 Å². The fourth-order valence-corrected chi connectivity index (χ4v) is 3.00. The van der Waals surface area contributed by atoms with E-state index in [9.17, 15) is 4.79 Å². The van der Waals surface area contributed by atoms with Gasteiger partial charge in [0.15, 0.2) is 11.5 Å². The smallest absolute Gasteiger partial charge is 0.337 e. The van der Waals surface area contributed by atoms with E-state index in [1.165, 1.54) is 23.8 Å². The molecule has 0 spiro atoms. The lowest BCUT2D eigenvalue weighted by atomic mass is 10.1. The first-order valence-electron chi connectivity index (χ1n) is 6.09. The van der Waals surface area contributed by atoms with Crippen LogP contribution in [0.2, 0.25) is 5.02 Å². The molecule has 1 N–H and O–H groups in total. The molecule has 3 rings (SSSR count). The Morgan fingerprint density at radius 1 is 1.38 bits per heavy atom. The topological polar surface area (TPSA) is 93.3 Å². The summed E-state index contributed by atoms with van der Waals surface area (Å²) in [6.45, 7) is 4.00. The maximum atomic E-state index is 11.2. The summed E-state index contributed by atoms with van der Waals surface area (Å²) in [5.74, 6) is -0.400. The Balaban J connectivity index is 2.28. The van der Waals surface area contributed by atoms with Gasteiger partial charge in [-0.2, -0.15) is 0 Å². The standard InChI is InChI=1S/C12H10ClN5O2S/c1-5(2)8-9(21-17-14-8)11-16-15-10-7(13)3-6(12(19)20)4-18(10)11/h3-5H,1-2H3,(H,19,20). The first-order chi connectivity index (χ1) is 9.99. The molecule has 0 amide bonds. The molecular weight excluding hydrogens is 314 g/mol. The number of rotatable bonds is 3. The van der Waals surface area contributed by atoms with Gasteiger partial charge in [-0.15, -0.1) is 15.3 Å². The largest absolute Gasteiger partial charge is 0.478 e. The van der Waals surface area contributed by atoms with Crippen LogP contribution in [-0.4, -0.2) is 35.3 Å². The van der Waals surface area contributed by atoms with Gasteiger partial charge in [-0.05, 0) is 23.5 Å². The molecule has 108 valence electrons. The summed E-state index contributed by atoms with van der Waals surface area (Å²) in [4.78, 5) is 11.9. The van der Waals surface area contributed by atoms with E-state index in [4.69, 9.17) is 16.7 Å². The van der Waals surface area contributed by atoms with Crippen molar-refractivity contribution in [1.29, 1.82) is 0 Å². The van der Waals surface area contributed by atoms with Crippen LogP contribution >= 0.6 is 23.1 Å². The number of hydrogen-bond acceptors (Lipinski definition) is 6. The summed E-state index contributed by atoms with van der Waals surface area (Å²) in [6.07, 6.45) is 1.45. The lowest BCUT2D eigenvalue weighted by molar-refractivity contribution is 0.0696. The van der Waals surface area contributed by atoms with Crippen molar-refractivity contribution < 1.29 is 9.90 Å². The number of hydrogen-bond donors (Lipinski definition) is 1. The molecule has 0 bridgehead atoms. The normalized spacial score (nSPS) is 11.4. The molecule has 9 heteroatoms. The fraction of sp³-hybridized carbons (Fsp3) is 0.250. The van der Waals surface area contributed by atoms with Gasteiger partial charge in [0, 0.05) is 6.20 Å². The van der Waals surface area contributed by atoms with Crippen LogP contribution in [0.1, 0.15) is 35.8 Å². The second kappa shape index (κ2) is 5.05. The first kappa shape index (κ1) is 13.9. The van der Waals surface area contributed by atoms with Crippen LogP contribution in [0.25, 0.3) is 16.3 Å². The Morgan fingerprint density at radius 3 is 2.81 bits per heavy atom. The van der Waals surface area contributed by atoms with Crippen molar-refractivity contribution in [2.45, 2.75) is 19.8 Å². The van der Waals surface area contributed by atoms with Gasteiger partial charge in [-0.25, -0.2) is 4.79 Å². The quantitative estimate of drug-likeness (QED) is 0.796. The average Bonchev–Trinajstić information content (AvgIpc) is 3.03. The minimum Gasteiger partial charge on any atom is -0.478 e. The molecule has 0 unspecified atom stereocenters. The number of fused-ring (bicyclic) bond motifs is 1. The molecule has 0 saturated carbocycles. The lowest BCUT2D eigenvalue weighted by Crippen LogP contribution is -2.01. The molecule has 0 aliphatic rings. The maximum Gasteiger partial charge on any atom is 0.337 e. The van der Waals surface area contributed by atoms with Crippen LogP contribution in [0.4, 0.5) is 0 Å². The van der Waals surface area contributed by atoms with Gasteiger partial charge < -0.3 is 5.11 Å². The van der Waals surface area contributed by atoms with Gasteiger partial charge >= 0.3 is 5.97 Å². The van der Waals surface area contributed by atoms with Crippen LogP contribution in [0.3, 0.4) is 0 Å². The van der Waals surface area contributed by atoms with Crippen molar-refractivity contribution in [3.05, 3.63) is 28.5 Å². The zero-order valence-electron chi connectivity index (χ0n) is 11.1. The number of pyridine rings is 1. The second-order valence-corrected chi connectivity index (χ2v) is 5.90. The number of nitrogens with zero attached hydrogens (tertiary/aromatic N) is 5. The third-order valence-electron chi connectivity index (χ3n) is 2.97. The highest BCUT2D eigenvalue weighted by molar-refractivity contribution is 7.09. The van der Waals surface area contributed by atoms with Crippen LogP contribution < -0.4 is 0 Å². The number of carboxylic acid groups (broad SMARTS) is 1. The highest BCUT2D eigenvalue weighted by atomic mass is 35.5. The molecule has 0 aliphatic carbocycles. The third-order valence-corrected chi connectivity index (χ3v) is 3.99. The van der Waals surface area contributed by atoms with Crippen molar-refractivity contribution >= 4 is 34.7 Å². The first-order valence-corrected chi connectivity index (χ1v) is 7.24. The average molecular weight is 324 g/mol. The van der Waals surface area contributed by atoms with Gasteiger partial charge in [-0.3, -0.25) is 4.40 Å². The molecule has 0 aromatic carbocycles. The Hall–Kier alpha value is -2.06. The third kappa shape index (κ3) is 2.26. The van der Waals surface area contributed by atoms with E-state index in [0.29, 0.717) is 11.5 Å². The molecule has 7 nitrogen and oxygen atoms in total. The second-order valence-electron chi connectivity index (χ2n) is 4.74. The van der Waals surface area contributed by atoms with E-state index in [1.807, 2.05) is 13.8 Å². The van der Waals surface area contributed by atoms with E-state index in [1.54, 1.807) is 4.40 Å². The molecule has 0 saturated heterocycles. The highest BCUT2D eigenvalue weighted by Crippen LogP contribution is 2.31. The number of halogens is 1. The van der Waals surface area contributed by atoms with Crippen LogP contribution in [-0.2, 0) is 0 Å². The van der Waals surface area contributed by atoms with Gasteiger partial charge in [0.25, 0.3) is 0 Å². The van der Waals surface area contributed by atoms with Crippen molar-refractivity contribution in [3.8, 4) is 10.7 Å². The number of aromatic carboxylic acids is 1. The summed E-state index contributed by atoms with van der Waals surface area (Å²) in [5.41, 5.74) is 1.27. The summed E-state index contributed by atoms with van der Waals surface area (Å²) in [6, 6.07) is 1.35. The number of carboxylic acids is 1. The molecule has 0 aliphatic heterocycles. The van der Waals surface area contributed by atoms with Gasteiger partial charge in [-0.1, -0.05) is 29.9 Å². The molecule has 0 radical (unpaired) electrons. The van der Waals surface area contributed by atoms with E-state index in [0.717, 1.165) is 10.6 Å². The van der Waals surface area contributed by atoms with E-state index in [2.05, 4.69) is 19.8 Å². The van der Waals surface area contributed by atoms with Crippen LogP contribution in [0, 0.1) is 0 Å². The number of aromatic nitrogens is 5. The van der Waals surface area contributed by atoms with E-state index < -0.39 is 5.97 Å². The summed E-state index contributed by atoms with van der Waals surface area (Å²) >= 11 is 7.26. The van der Waals surface area contributed by atoms with Crippen LogP contribution in [0.15, 0.2) is 12.3 Å². The molecule has 21 heavy (non-hydrogen) atoms. The predicted octanol–water partition coefficient (Wildman–Crippen LogP) is 2.72.